The van der Waals surface area contributed by atoms with Gasteiger partial charge < -0.3 is 14.5 Å². The molecule has 0 bridgehead atoms. The van der Waals surface area contributed by atoms with E-state index >= 15 is 0 Å². The first kappa shape index (κ1) is 31.1. The Kier molecular flexibility index (Phi) is 11.7. The number of carbonyl (C=O) groups is 1. The molecule has 2 aliphatic heterocycles. The number of halogens is 1. The summed E-state index contributed by atoms with van der Waals surface area (Å²) in [6, 6.07) is 7.32. The zero-order valence-corrected chi connectivity index (χ0v) is 25.7. The number of carbonyl (C=O) groups excluding carboxylic acids is 1. The maximum absolute atomic E-state index is 12.3. The van der Waals surface area contributed by atoms with Crippen LogP contribution in [0, 0.1) is 17.3 Å². The summed E-state index contributed by atoms with van der Waals surface area (Å²) >= 11 is 0. The van der Waals surface area contributed by atoms with Gasteiger partial charge in [0.2, 0.25) is 0 Å². The molecule has 0 aromatic heterocycles. The fourth-order valence-corrected chi connectivity index (χ4v) is 6.85. The van der Waals surface area contributed by atoms with Crippen molar-refractivity contribution in [1.82, 2.24) is 4.90 Å². The first-order valence-electron chi connectivity index (χ1n) is 15.3. The zero-order valence-electron chi connectivity index (χ0n) is 24.8. The molecule has 0 N–H and O–H groups in total. The lowest BCUT2D eigenvalue weighted by molar-refractivity contribution is -0.148. The second-order valence-electron chi connectivity index (χ2n) is 12.9. The minimum absolute atomic E-state index is 0. The summed E-state index contributed by atoms with van der Waals surface area (Å²) in [7, 11) is 0. The number of hydrogen-bond donors (Lipinski definition) is 0. The second-order valence-corrected chi connectivity index (χ2v) is 12.9. The number of piperazine rings is 1. The van der Waals surface area contributed by atoms with Crippen LogP contribution in [0.25, 0.3) is 0 Å². The van der Waals surface area contributed by atoms with Gasteiger partial charge in [-0.15, -0.1) is 12.4 Å². The molecule has 2 heterocycles. The molecule has 2 saturated heterocycles. The number of benzene rings is 1. The number of rotatable bonds is 8. The molecule has 3 aliphatic rings. The highest BCUT2D eigenvalue weighted by Crippen LogP contribution is 2.46. The molecule has 6 heteroatoms. The first-order valence-corrected chi connectivity index (χ1v) is 15.3. The van der Waals surface area contributed by atoms with Crippen LogP contribution >= 0.6 is 12.4 Å². The Morgan fingerprint density at radius 1 is 0.895 bits per heavy atom. The molecule has 0 unspecified atom stereocenters. The number of piperidine rings is 1. The van der Waals surface area contributed by atoms with Crippen molar-refractivity contribution >= 4 is 29.8 Å². The minimum Gasteiger partial charge on any atom is -0.466 e. The molecule has 1 saturated carbocycles. The van der Waals surface area contributed by atoms with Gasteiger partial charge in [-0.1, -0.05) is 34.1 Å². The molecule has 38 heavy (non-hydrogen) atoms. The molecule has 1 aromatic carbocycles. The van der Waals surface area contributed by atoms with Crippen molar-refractivity contribution in [3.63, 3.8) is 0 Å². The smallest absolute Gasteiger partial charge is 0.309 e. The van der Waals surface area contributed by atoms with E-state index in [9.17, 15) is 4.79 Å². The highest BCUT2D eigenvalue weighted by Gasteiger charge is 2.33. The summed E-state index contributed by atoms with van der Waals surface area (Å²) in [4.78, 5) is 20.1. The summed E-state index contributed by atoms with van der Waals surface area (Å²) in [5, 5.41) is 0. The molecule has 0 atom stereocenters. The van der Waals surface area contributed by atoms with Gasteiger partial charge in [-0.05, 0) is 99.4 Å². The summed E-state index contributed by atoms with van der Waals surface area (Å²) in [5.41, 5.74) is 4.83. The fourth-order valence-electron chi connectivity index (χ4n) is 6.85. The van der Waals surface area contributed by atoms with E-state index in [1.165, 1.54) is 69.5 Å². The van der Waals surface area contributed by atoms with Crippen molar-refractivity contribution < 1.29 is 9.53 Å². The third-order valence-electron chi connectivity index (χ3n) is 9.42. The summed E-state index contributed by atoms with van der Waals surface area (Å²) in [5.74, 6) is 1.54. The van der Waals surface area contributed by atoms with Crippen LogP contribution < -0.4 is 9.80 Å². The molecule has 1 aliphatic carbocycles. The zero-order chi connectivity index (χ0) is 26.4. The van der Waals surface area contributed by atoms with E-state index in [1.54, 1.807) is 5.56 Å². The van der Waals surface area contributed by atoms with E-state index in [-0.39, 0.29) is 24.3 Å². The molecule has 1 aromatic rings. The van der Waals surface area contributed by atoms with Gasteiger partial charge in [0.15, 0.2) is 0 Å². The van der Waals surface area contributed by atoms with Gasteiger partial charge in [0.05, 0.1) is 12.5 Å². The van der Waals surface area contributed by atoms with Crippen LogP contribution in [-0.4, -0.2) is 63.3 Å². The van der Waals surface area contributed by atoms with Crippen molar-refractivity contribution in [3.05, 3.63) is 23.8 Å². The standard InChI is InChI=1S/C32H53N3O2.ClH/c1-6-8-17-33-20-22-35(23-21-33)30-14-13-28(34-18-15-26(16-19-34)31(36)37-7-2)24-29(30)25-9-11-27(12-10-25)32(3,4)5;/h13-14,24-27H,6-12,15-23H2,1-5H3;1H. The molecule has 0 amide bonds. The fraction of sp³-hybridized carbons (Fsp3) is 0.781. The third kappa shape index (κ3) is 7.81. The Bertz CT molecular complexity index is 862. The average molecular weight is 548 g/mol. The third-order valence-corrected chi connectivity index (χ3v) is 9.42. The Hall–Kier alpha value is -1.46. The molecule has 5 nitrogen and oxygen atoms in total. The quantitative estimate of drug-likeness (QED) is 0.323. The molecule has 216 valence electrons. The van der Waals surface area contributed by atoms with Crippen molar-refractivity contribution in [1.29, 1.82) is 0 Å². The van der Waals surface area contributed by atoms with Gasteiger partial charge in [0.1, 0.15) is 0 Å². The van der Waals surface area contributed by atoms with Crippen LogP contribution in [0.5, 0.6) is 0 Å². The van der Waals surface area contributed by atoms with E-state index in [0.717, 1.165) is 44.9 Å². The van der Waals surface area contributed by atoms with Crippen molar-refractivity contribution in [2.45, 2.75) is 91.9 Å². The molecule has 0 spiro atoms. The molecule has 3 fully saturated rings. The number of hydrogen-bond acceptors (Lipinski definition) is 5. The maximum atomic E-state index is 12.3. The van der Waals surface area contributed by atoms with Crippen LogP contribution in [0.2, 0.25) is 0 Å². The molecule has 0 radical (unpaired) electrons. The number of unbranched alkanes of at least 4 members (excludes halogenated alkanes) is 1. The predicted molar refractivity (Wildman–Crippen MR) is 163 cm³/mol. The lowest BCUT2D eigenvalue weighted by Gasteiger charge is -2.41. The largest absolute Gasteiger partial charge is 0.466 e. The predicted octanol–water partition coefficient (Wildman–Crippen LogP) is 7.13. The van der Waals surface area contributed by atoms with Crippen LogP contribution in [0.15, 0.2) is 18.2 Å². The molecular weight excluding hydrogens is 494 g/mol. The van der Waals surface area contributed by atoms with Crippen LogP contribution in [-0.2, 0) is 9.53 Å². The topological polar surface area (TPSA) is 36.0 Å². The van der Waals surface area contributed by atoms with Gasteiger partial charge in [-0.3, -0.25) is 9.69 Å². The van der Waals surface area contributed by atoms with Gasteiger partial charge in [-0.2, -0.15) is 0 Å². The number of esters is 1. The summed E-state index contributed by atoms with van der Waals surface area (Å²) in [6.45, 7) is 19.7. The lowest BCUT2D eigenvalue weighted by atomic mass is 9.68. The number of nitrogens with zero attached hydrogens (tertiary/aromatic N) is 3. The van der Waals surface area contributed by atoms with E-state index in [4.69, 9.17) is 4.74 Å². The van der Waals surface area contributed by atoms with Gasteiger partial charge in [0.25, 0.3) is 0 Å². The lowest BCUT2D eigenvalue weighted by Crippen LogP contribution is -2.47. The maximum Gasteiger partial charge on any atom is 0.309 e. The SMILES string of the molecule is CCCCN1CCN(c2ccc(N3CCC(C(=O)OCC)CC3)cc2C2CCC(C(C)(C)C)CC2)CC1.Cl. The van der Waals surface area contributed by atoms with E-state index in [0.29, 0.717) is 17.9 Å². The monoisotopic (exact) mass is 547 g/mol. The van der Waals surface area contributed by atoms with Crippen molar-refractivity contribution in [2.24, 2.45) is 17.3 Å². The second kappa shape index (κ2) is 14.3. The normalized spacial score (nSPS) is 23.7. The first-order chi connectivity index (χ1) is 17.8. The van der Waals surface area contributed by atoms with E-state index < -0.39 is 0 Å². The van der Waals surface area contributed by atoms with Crippen molar-refractivity contribution in [3.8, 4) is 0 Å². The number of ether oxygens (including phenoxy) is 1. The summed E-state index contributed by atoms with van der Waals surface area (Å²) in [6.07, 6.45) is 9.67. The van der Waals surface area contributed by atoms with E-state index in [2.05, 4.69) is 60.6 Å². The van der Waals surface area contributed by atoms with Gasteiger partial charge >= 0.3 is 5.97 Å². The summed E-state index contributed by atoms with van der Waals surface area (Å²) < 4.78 is 5.30. The van der Waals surface area contributed by atoms with Crippen LogP contribution in [0.4, 0.5) is 11.4 Å². The molecule has 4 rings (SSSR count). The van der Waals surface area contributed by atoms with Crippen LogP contribution in [0.3, 0.4) is 0 Å². The van der Waals surface area contributed by atoms with Crippen LogP contribution in [0.1, 0.15) is 97.5 Å². The Balaban J connectivity index is 0.00000400. The highest BCUT2D eigenvalue weighted by molar-refractivity contribution is 5.85. The van der Waals surface area contributed by atoms with Crippen molar-refractivity contribution in [2.75, 3.05) is 62.2 Å². The minimum atomic E-state index is -0.00752. The Labute approximate surface area is 239 Å². The Morgan fingerprint density at radius 3 is 2.13 bits per heavy atom. The van der Waals surface area contributed by atoms with E-state index in [1.807, 2.05) is 6.92 Å². The van der Waals surface area contributed by atoms with Gasteiger partial charge in [0, 0.05) is 50.6 Å². The Morgan fingerprint density at radius 2 is 1.55 bits per heavy atom. The van der Waals surface area contributed by atoms with Gasteiger partial charge in [-0.25, -0.2) is 0 Å². The average Bonchev–Trinajstić information content (AvgIpc) is 2.92. The molecular formula is C32H54ClN3O2. The number of anilines is 2. The highest BCUT2D eigenvalue weighted by atomic mass is 35.5.